The minimum Gasteiger partial charge on any atom is -0.384 e. The van der Waals surface area contributed by atoms with Crippen molar-refractivity contribution in [3.8, 4) is 0 Å². The molecule has 1 saturated heterocycles. The summed E-state index contributed by atoms with van der Waals surface area (Å²) >= 11 is 0. The van der Waals surface area contributed by atoms with Crippen molar-refractivity contribution in [1.29, 1.82) is 0 Å². The average molecular weight is 222 g/mol. The van der Waals surface area contributed by atoms with Crippen molar-refractivity contribution in [2.75, 3.05) is 23.7 Å². The van der Waals surface area contributed by atoms with Gasteiger partial charge < -0.3 is 15.4 Å². The highest BCUT2D eigenvalue weighted by molar-refractivity contribution is 5.38. The molecule has 0 saturated carbocycles. The van der Waals surface area contributed by atoms with Gasteiger partial charge in [-0.3, -0.25) is 0 Å². The summed E-state index contributed by atoms with van der Waals surface area (Å²) in [7, 11) is 0. The molecule has 2 N–H and O–H groups in total. The van der Waals surface area contributed by atoms with Crippen molar-refractivity contribution in [2.24, 2.45) is 0 Å². The predicted octanol–water partition coefficient (Wildman–Crippen LogP) is 1.06. The number of rotatable bonds is 1. The molecule has 1 aliphatic rings. The molecular weight excluding hydrogens is 204 g/mol. The Hall–Kier alpha value is -1.36. The Kier molecular flexibility index (Phi) is 2.71. The lowest BCUT2D eigenvalue weighted by Crippen LogP contribution is -2.52. The Morgan fingerprint density at radius 3 is 2.94 bits per heavy atom. The Morgan fingerprint density at radius 1 is 1.56 bits per heavy atom. The van der Waals surface area contributed by atoms with Gasteiger partial charge in [0.05, 0.1) is 11.7 Å². The highest BCUT2D eigenvalue weighted by atomic mass is 16.5. The molecule has 0 bridgehead atoms. The van der Waals surface area contributed by atoms with Crippen LogP contribution in [0.5, 0.6) is 0 Å². The molecule has 5 nitrogen and oxygen atoms in total. The van der Waals surface area contributed by atoms with Crippen LogP contribution in [0.1, 0.15) is 20.8 Å². The van der Waals surface area contributed by atoms with Crippen LogP contribution >= 0.6 is 0 Å². The van der Waals surface area contributed by atoms with E-state index >= 15 is 0 Å². The fourth-order valence-electron chi connectivity index (χ4n) is 2.12. The van der Waals surface area contributed by atoms with Gasteiger partial charge in [0, 0.05) is 19.3 Å². The van der Waals surface area contributed by atoms with Gasteiger partial charge in [0.15, 0.2) is 0 Å². The number of morpholine rings is 1. The number of aromatic nitrogens is 2. The van der Waals surface area contributed by atoms with E-state index in [4.69, 9.17) is 10.5 Å². The van der Waals surface area contributed by atoms with E-state index in [0.717, 1.165) is 13.1 Å². The van der Waals surface area contributed by atoms with Crippen LogP contribution in [0, 0.1) is 0 Å². The average Bonchev–Trinajstić information content (AvgIpc) is 2.14. The maximum atomic E-state index is 5.83. The zero-order valence-corrected chi connectivity index (χ0v) is 9.97. The van der Waals surface area contributed by atoms with Crippen LogP contribution in [-0.2, 0) is 4.74 Å². The molecule has 1 aromatic heterocycles. The van der Waals surface area contributed by atoms with Gasteiger partial charge in [0.2, 0.25) is 5.95 Å². The first-order chi connectivity index (χ1) is 7.46. The zero-order valence-electron chi connectivity index (χ0n) is 9.97. The highest BCUT2D eigenvalue weighted by Gasteiger charge is 2.32. The number of hydrogen-bond acceptors (Lipinski definition) is 5. The second-order valence-corrected chi connectivity index (χ2v) is 4.85. The lowest BCUT2D eigenvalue weighted by molar-refractivity contribution is -0.0753. The molecular formula is C11H18N4O. The van der Waals surface area contributed by atoms with Crippen molar-refractivity contribution in [3.63, 3.8) is 0 Å². The Morgan fingerprint density at radius 2 is 2.31 bits per heavy atom. The first-order valence-electron chi connectivity index (χ1n) is 5.47. The van der Waals surface area contributed by atoms with E-state index in [2.05, 4.69) is 35.6 Å². The summed E-state index contributed by atoms with van der Waals surface area (Å²) < 4.78 is 5.83. The van der Waals surface area contributed by atoms with Crippen molar-refractivity contribution in [3.05, 3.63) is 12.3 Å². The van der Waals surface area contributed by atoms with Gasteiger partial charge in [0.25, 0.3) is 0 Å². The number of anilines is 2. The molecule has 1 fully saturated rings. The lowest BCUT2D eigenvalue weighted by atomic mass is 10.1. The molecule has 2 heterocycles. The monoisotopic (exact) mass is 222 g/mol. The van der Waals surface area contributed by atoms with Crippen LogP contribution < -0.4 is 10.6 Å². The lowest BCUT2D eigenvalue weighted by Gasteiger charge is -2.41. The summed E-state index contributed by atoms with van der Waals surface area (Å²) in [5.41, 5.74) is 5.48. The topological polar surface area (TPSA) is 64.3 Å². The predicted molar refractivity (Wildman–Crippen MR) is 63.3 cm³/mol. The first kappa shape index (κ1) is 11.1. The number of nitrogens with zero attached hydrogens (tertiary/aromatic N) is 3. The van der Waals surface area contributed by atoms with Gasteiger partial charge in [-0.1, -0.05) is 0 Å². The summed E-state index contributed by atoms with van der Waals surface area (Å²) in [4.78, 5) is 10.6. The van der Waals surface area contributed by atoms with Gasteiger partial charge in [-0.25, -0.2) is 4.98 Å². The second kappa shape index (κ2) is 3.90. The molecule has 0 spiro atoms. The third-order valence-corrected chi connectivity index (χ3v) is 2.52. The molecule has 2 rings (SSSR count). The van der Waals surface area contributed by atoms with E-state index < -0.39 is 0 Å². The summed E-state index contributed by atoms with van der Waals surface area (Å²) in [6.45, 7) is 7.78. The van der Waals surface area contributed by atoms with E-state index in [9.17, 15) is 0 Å². The van der Waals surface area contributed by atoms with Crippen LogP contribution in [0.2, 0.25) is 0 Å². The molecule has 88 valence electrons. The van der Waals surface area contributed by atoms with Crippen LogP contribution in [0.3, 0.4) is 0 Å². The Labute approximate surface area is 95.6 Å². The number of ether oxygens (including phenoxy) is 1. The standard InChI is InChI=1S/C11H18N4O/c1-8-6-15(7-11(2,3)16-8)10-13-5-4-9(12)14-10/h4-5,8H,6-7H2,1-3H3,(H2,12,13,14). The molecule has 1 unspecified atom stereocenters. The summed E-state index contributed by atoms with van der Waals surface area (Å²) in [5.74, 6) is 1.19. The van der Waals surface area contributed by atoms with Gasteiger partial charge in [0.1, 0.15) is 5.82 Å². The van der Waals surface area contributed by atoms with Gasteiger partial charge in [-0.05, 0) is 26.8 Å². The van der Waals surface area contributed by atoms with Gasteiger partial charge >= 0.3 is 0 Å². The molecule has 5 heteroatoms. The maximum absolute atomic E-state index is 5.83. The normalized spacial score (nSPS) is 24.4. The Bertz CT molecular complexity index is 380. The van der Waals surface area contributed by atoms with Gasteiger partial charge in [-0.15, -0.1) is 0 Å². The summed E-state index contributed by atoms with van der Waals surface area (Å²) in [6, 6.07) is 1.69. The van der Waals surface area contributed by atoms with E-state index in [0.29, 0.717) is 11.8 Å². The maximum Gasteiger partial charge on any atom is 0.227 e. The Balaban J connectivity index is 2.21. The van der Waals surface area contributed by atoms with Crippen LogP contribution in [-0.4, -0.2) is 34.8 Å². The molecule has 1 aromatic rings. The molecule has 0 aliphatic carbocycles. The summed E-state index contributed by atoms with van der Waals surface area (Å²) in [5, 5.41) is 0. The van der Waals surface area contributed by atoms with E-state index in [-0.39, 0.29) is 11.7 Å². The number of hydrogen-bond donors (Lipinski definition) is 1. The largest absolute Gasteiger partial charge is 0.384 e. The quantitative estimate of drug-likeness (QED) is 0.769. The third kappa shape index (κ3) is 2.41. The molecule has 1 atom stereocenters. The zero-order chi connectivity index (χ0) is 11.8. The fraction of sp³-hybridized carbons (Fsp3) is 0.636. The van der Waals surface area contributed by atoms with E-state index in [1.165, 1.54) is 0 Å². The smallest absolute Gasteiger partial charge is 0.227 e. The third-order valence-electron chi connectivity index (χ3n) is 2.52. The second-order valence-electron chi connectivity index (χ2n) is 4.85. The van der Waals surface area contributed by atoms with Crippen molar-refractivity contribution >= 4 is 11.8 Å². The van der Waals surface area contributed by atoms with E-state index in [1.54, 1.807) is 12.3 Å². The molecule has 0 amide bonds. The van der Waals surface area contributed by atoms with Crippen LogP contribution in [0.25, 0.3) is 0 Å². The summed E-state index contributed by atoms with van der Waals surface area (Å²) in [6.07, 6.45) is 1.86. The minimum absolute atomic E-state index is 0.175. The molecule has 1 aliphatic heterocycles. The SMILES string of the molecule is CC1CN(c2nccc(N)n2)CC(C)(C)O1. The number of nitrogen functional groups attached to an aromatic ring is 1. The first-order valence-corrected chi connectivity index (χ1v) is 5.47. The highest BCUT2D eigenvalue weighted by Crippen LogP contribution is 2.23. The van der Waals surface area contributed by atoms with Crippen molar-refractivity contribution in [1.82, 2.24) is 9.97 Å². The van der Waals surface area contributed by atoms with Crippen molar-refractivity contribution < 1.29 is 4.74 Å². The molecule has 16 heavy (non-hydrogen) atoms. The minimum atomic E-state index is -0.175. The van der Waals surface area contributed by atoms with Gasteiger partial charge in [-0.2, -0.15) is 4.98 Å². The van der Waals surface area contributed by atoms with Crippen LogP contribution in [0.15, 0.2) is 12.3 Å². The number of nitrogens with two attached hydrogens (primary N) is 1. The molecule has 0 aromatic carbocycles. The molecule has 0 radical (unpaired) electrons. The fourth-order valence-corrected chi connectivity index (χ4v) is 2.12. The van der Waals surface area contributed by atoms with E-state index in [1.807, 2.05) is 0 Å². The van der Waals surface area contributed by atoms with Crippen molar-refractivity contribution in [2.45, 2.75) is 32.5 Å². The van der Waals surface area contributed by atoms with Crippen LogP contribution in [0.4, 0.5) is 11.8 Å².